The lowest BCUT2D eigenvalue weighted by Gasteiger charge is -2.14. The maximum absolute atomic E-state index is 13.7. The minimum absolute atomic E-state index is 0.00973. The Kier molecular flexibility index (Phi) is 3.62. The quantitative estimate of drug-likeness (QED) is 0.883. The standard InChI is InChI=1S/C15H13FN2O4/c16-10-4-2-1-3-9(10)13(15(20)21)17-14(19)11-7-12(22-18-11)8-5-6-8/h1-4,7-8,13H,5-6H2,(H,17,19)(H,20,21). The van der Waals surface area contributed by atoms with E-state index < -0.39 is 23.7 Å². The monoisotopic (exact) mass is 304 g/mol. The Labute approximate surface area is 124 Å². The third kappa shape index (κ3) is 2.83. The molecule has 1 atom stereocenters. The lowest BCUT2D eigenvalue weighted by molar-refractivity contribution is -0.139. The summed E-state index contributed by atoms with van der Waals surface area (Å²) < 4.78 is 18.8. The van der Waals surface area contributed by atoms with Gasteiger partial charge in [-0.3, -0.25) is 4.79 Å². The van der Waals surface area contributed by atoms with E-state index >= 15 is 0 Å². The van der Waals surface area contributed by atoms with Crippen LogP contribution in [0.1, 0.15) is 46.6 Å². The number of benzene rings is 1. The Balaban J connectivity index is 1.79. The smallest absolute Gasteiger partial charge is 0.331 e. The molecule has 0 spiro atoms. The number of halogens is 1. The number of carboxylic acid groups (broad SMARTS) is 1. The van der Waals surface area contributed by atoms with E-state index in [1.165, 1.54) is 24.3 Å². The molecule has 3 rings (SSSR count). The van der Waals surface area contributed by atoms with Crippen molar-refractivity contribution < 1.29 is 23.6 Å². The normalized spacial score (nSPS) is 15.3. The fourth-order valence-electron chi connectivity index (χ4n) is 2.14. The Morgan fingerprint density at radius 2 is 2.09 bits per heavy atom. The van der Waals surface area contributed by atoms with Crippen molar-refractivity contribution in [3.05, 3.63) is 53.2 Å². The molecule has 1 aromatic heterocycles. The molecule has 0 radical (unpaired) electrons. The number of carbonyl (C=O) groups excluding carboxylic acids is 1. The molecule has 1 aliphatic rings. The van der Waals surface area contributed by atoms with Gasteiger partial charge in [-0.15, -0.1) is 0 Å². The molecule has 1 saturated carbocycles. The summed E-state index contributed by atoms with van der Waals surface area (Å²) in [5.41, 5.74) is -0.126. The third-order valence-corrected chi connectivity index (χ3v) is 3.48. The molecule has 1 heterocycles. The van der Waals surface area contributed by atoms with Crippen molar-refractivity contribution in [3.63, 3.8) is 0 Å². The van der Waals surface area contributed by atoms with E-state index in [1.54, 1.807) is 0 Å². The summed E-state index contributed by atoms with van der Waals surface area (Å²) in [6.45, 7) is 0. The van der Waals surface area contributed by atoms with Gasteiger partial charge in [0.1, 0.15) is 11.6 Å². The number of rotatable bonds is 5. The van der Waals surface area contributed by atoms with Gasteiger partial charge in [0.15, 0.2) is 11.7 Å². The van der Waals surface area contributed by atoms with Gasteiger partial charge in [0.2, 0.25) is 0 Å². The van der Waals surface area contributed by atoms with Crippen molar-refractivity contribution >= 4 is 11.9 Å². The number of carboxylic acids is 1. The van der Waals surface area contributed by atoms with Crippen LogP contribution in [-0.4, -0.2) is 22.1 Å². The molecule has 1 amide bonds. The van der Waals surface area contributed by atoms with Gasteiger partial charge in [0.25, 0.3) is 5.91 Å². The number of carbonyl (C=O) groups is 2. The predicted octanol–water partition coefficient (Wildman–Crippen LogP) is 2.25. The first-order chi connectivity index (χ1) is 10.6. The van der Waals surface area contributed by atoms with Crippen molar-refractivity contribution in [1.29, 1.82) is 0 Å². The van der Waals surface area contributed by atoms with Crippen LogP contribution in [0.25, 0.3) is 0 Å². The van der Waals surface area contributed by atoms with E-state index in [0.717, 1.165) is 18.9 Å². The molecule has 0 saturated heterocycles. The van der Waals surface area contributed by atoms with Gasteiger partial charge in [-0.25, -0.2) is 9.18 Å². The van der Waals surface area contributed by atoms with Crippen LogP contribution in [0.5, 0.6) is 0 Å². The molecule has 22 heavy (non-hydrogen) atoms. The van der Waals surface area contributed by atoms with Crippen LogP contribution in [0.4, 0.5) is 4.39 Å². The molecule has 1 aromatic carbocycles. The second-order valence-corrected chi connectivity index (χ2v) is 5.16. The Bertz CT molecular complexity index is 724. The minimum atomic E-state index is -1.49. The molecule has 6 nitrogen and oxygen atoms in total. The lowest BCUT2D eigenvalue weighted by Crippen LogP contribution is -2.34. The van der Waals surface area contributed by atoms with Gasteiger partial charge < -0.3 is 14.9 Å². The first-order valence-electron chi connectivity index (χ1n) is 6.81. The number of amides is 1. The number of aliphatic carboxylic acids is 1. The average Bonchev–Trinajstić information content (AvgIpc) is 3.22. The second kappa shape index (κ2) is 5.59. The summed E-state index contributed by atoms with van der Waals surface area (Å²) >= 11 is 0. The maximum atomic E-state index is 13.7. The molecule has 2 N–H and O–H groups in total. The molecule has 1 fully saturated rings. The van der Waals surface area contributed by atoms with Gasteiger partial charge in [0, 0.05) is 17.5 Å². The highest BCUT2D eigenvalue weighted by Gasteiger charge is 2.30. The zero-order chi connectivity index (χ0) is 15.7. The third-order valence-electron chi connectivity index (χ3n) is 3.48. The first kappa shape index (κ1) is 14.2. The highest BCUT2D eigenvalue weighted by Crippen LogP contribution is 2.40. The van der Waals surface area contributed by atoms with E-state index in [-0.39, 0.29) is 17.2 Å². The highest BCUT2D eigenvalue weighted by molar-refractivity contribution is 5.95. The maximum Gasteiger partial charge on any atom is 0.331 e. The molecule has 114 valence electrons. The summed E-state index contributed by atoms with van der Waals surface area (Å²) in [6, 6.07) is 5.40. The number of aromatic nitrogens is 1. The van der Waals surface area contributed by atoms with Crippen LogP contribution in [0, 0.1) is 5.82 Å². The van der Waals surface area contributed by atoms with E-state index in [0.29, 0.717) is 5.76 Å². The SMILES string of the molecule is O=C(NC(C(=O)O)c1ccccc1F)c1cc(C2CC2)on1. The van der Waals surface area contributed by atoms with Crippen molar-refractivity contribution in [2.24, 2.45) is 0 Å². The van der Waals surface area contributed by atoms with Gasteiger partial charge in [0.05, 0.1) is 0 Å². The Morgan fingerprint density at radius 1 is 1.36 bits per heavy atom. The topological polar surface area (TPSA) is 92.4 Å². The molecule has 0 aliphatic heterocycles. The van der Waals surface area contributed by atoms with Crippen molar-refractivity contribution in [2.45, 2.75) is 24.8 Å². The number of nitrogens with one attached hydrogen (secondary N) is 1. The predicted molar refractivity (Wildman–Crippen MR) is 72.7 cm³/mol. The van der Waals surface area contributed by atoms with Crippen molar-refractivity contribution in [2.75, 3.05) is 0 Å². The molecular weight excluding hydrogens is 291 g/mol. The fraction of sp³-hybridized carbons (Fsp3) is 0.267. The van der Waals surface area contributed by atoms with E-state index in [4.69, 9.17) is 4.52 Å². The number of hydrogen-bond acceptors (Lipinski definition) is 4. The molecule has 7 heteroatoms. The number of nitrogens with zero attached hydrogens (tertiary/aromatic N) is 1. The largest absolute Gasteiger partial charge is 0.479 e. The summed E-state index contributed by atoms with van der Waals surface area (Å²) in [7, 11) is 0. The first-order valence-corrected chi connectivity index (χ1v) is 6.81. The van der Waals surface area contributed by atoms with E-state index in [1.807, 2.05) is 0 Å². The summed E-state index contributed by atoms with van der Waals surface area (Å²) in [5, 5.41) is 15.1. The lowest BCUT2D eigenvalue weighted by atomic mass is 10.1. The Hall–Kier alpha value is -2.70. The summed E-state index contributed by atoms with van der Waals surface area (Å²) in [5.74, 6) is -1.87. The summed E-state index contributed by atoms with van der Waals surface area (Å²) in [6.07, 6.45) is 1.98. The van der Waals surface area contributed by atoms with Crippen LogP contribution in [0.15, 0.2) is 34.9 Å². The zero-order valence-electron chi connectivity index (χ0n) is 11.5. The van der Waals surface area contributed by atoms with Crippen LogP contribution in [-0.2, 0) is 4.79 Å². The van der Waals surface area contributed by atoms with Crippen LogP contribution >= 0.6 is 0 Å². The second-order valence-electron chi connectivity index (χ2n) is 5.16. The number of hydrogen-bond donors (Lipinski definition) is 2. The molecule has 2 aromatic rings. The van der Waals surface area contributed by atoms with Crippen molar-refractivity contribution in [3.8, 4) is 0 Å². The van der Waals surface area contributed by atoms with Gasteiger partial charge in [-0.1, -0.05) is 23.4 Å². The van der Waals surface area contributed by atoms with Gasteiger partial charge >= 0.3 is 5.97 Å². The van der Waals surface area contributed by atoms with Crippen LogP contribution < -0.4 is 5.32 Å². The molecule has 1 aliphatic carbocycles. The fourth-order valence-corrected chi connectivity index (χ4v) is 2.14. The summed E-state index contributed by atoms with van der Waals surface area (Å²) in [4.78, 5) is 23.4. The van der Waals surface area contributed by atoms with Gasteiger partial charge in [-0.05, 0) is 18.9 Å². The van der Waals surface area contributed by atoms with Crippen LogP contribution in [0.3, 0.4) is 0 Å². The minimum Gasteiger partial charge on any atom is -0.479 e. The van der Waals surface area contributed by atoms with E-state index in [9.17, 15) is 19.1 Å². The molecule has 0 bridgehead atoms. The molecular formula is C15H13FN2O4. The Morgan fingerprint density at radius 3 is 2.73 bits per heavy atom. The van der Waals surface area contributed by atoms with E-state index in [2.05, 4.69) is 10.5 Å². The van der Waals surface area contributed by atoms with Crippen molar-refractivity contribution in [1.82, 2.24) is 10.5 Å². The van der Waals surface area contributed by atoms with Gasteiger partial charge in [-0.2, -0.15) is 0 Å². The molecule has 1 unspecified atom stereocenters. The zero-order valence-corrected chi connectivity index (χ0v) is 11.5. The highest BCUT2D eigenvalue weighted by atomic mass is 19.1. The average molecular weight is 304 g/mol. The van der Waals surface area contributed by atoms with Crippen LogP contribution in [0.2, 0.25) is 0 Å².